The van der Waals surface area contributed by atoms with Gasteiger partial charge >= 0.3 is 5.97 Å². The highest BCUT2D eigenvalue weighted by Gasteiger charge is 2.65. The van der Waals surface area contributed by atoms with Crippen molar-refractivity contribution in [2.24, 2.45) is 29.6 Å². The van der Waals surface area contributed by atoms with Gasteiger partial charge < -0.3 is 53.6 Å². The van der Waals surface area contributed by atoms with E-state index in [4.69, 9.17) is 33.2 Å². The lowest BCUT2D eigenvalue weighted by molar-refractivity contribution is -0.285. The molecule has 13 nitrogen and oxygen atoms in total. The molecular weight excluding hydrogens is 604 g/mol. The molecule has 0 radical (unpaired) electrons. The summed E-state index contributed by atoms with van der Waals surface area (Å²) < 4.78 is 42.0. The van der Waals surface area contributed by atoms with E-state index < -0.39 is 114 Å². The third-order valence-corrected chi connectivity index (χ3v) is 11.0. The number of aliphatic hydroxyl groups excluding tert-OH is 1. The van der Waals surface area contributed by atoms with Gasteiger partial charge in [0.25, 0.3) is 0 Å². The van der Waals surface area contributed by atoms with Gasteiger partial charge in [-0.3, -0.25) is 9.59 Å². The Morgan fingerprint density at radius 2 is 1.30 bits per heavy atom. The summed E-state index contributed by atoms with van der Waals surface area (Å²) >= 11 is 0. The van der Waals surface area contributed by atoms with Crippen LogP contribution in [-0.2, 0) is 42.7 Å². The highest BCUT2D eigenvalue weighted by atomic mass is 16.8. The van der Waals surface area contributed by atoms with E-state index in [2.05, 4.69) is 0 Å². The lowest BCUT2D eigenvalue weighted by Crippen LogP contribution is -2.56. The van der Waals surface area contributed by atoms with Crippen LogP contribution in [0.1, 0.15) is 88.0 Å². The van der Waals surface area contributed by atoms with Gasteiger partial charge in [0.15, 0.2) is 12.6 Å². The third kappa shape index (κ3) is 6.92. The number of hydrogen-bond acceptors (Lipinski definition) is 13. The maximum Gasteiger partial charge on any atom is 0.311 e. The van der Waals surface area contributed by atoms with E-state index in [1.54, 1.807) is 55.4 Å². The fourth-order valence-corrected chi connectivity index (χ4v) is 8.11. The smallest absolute Gasteiger partial charge is 0.311 e. The fourth-order valence-electron chi connectivity index (χ4n) is 8.11. The summed E-state index contributed by atoms with van der Waals surface area (Å²) in [5, 5.41) is 45.0. The van der Waals surface area contributed by atoms with Crippen LogP contribution in [0.2, 0.25) is 0 Å². The molecule has 0 aliphatic carbocycles. The molecule has 5 saturated heterocycles. The molecule has 8 unspecified atom stereocenters. The van der Waals surface area contributed by atoms with Crippen LogP contribution < -0.4 is 0 Å². The van der Waals surface area contributed by atoms with Gasteiger partial charge in [-0.15, -0.1) is 0 Å². The number of carbonyl (C=O) groups is 2. The predicted molar refractivity (Wildman–Crippen MR) is 160 cm³/mol. The number of aliphatic hydroxyl groups is 4. The molecule has 5 aliphatic rings. The molecule has 0 aromatic rings. The second kappa shape index (κ2) is 12.9. The lowest BCUT2D eigenvalue weighted by Gasteiger charge is -2.45. The molecule has 0 aromatic carbocycles. The first-order chi connectivity index (χ1) is 21.3. The zero-order chi connectivity index (χ0) is 34.1. The Bertz CT molecular complexity index is 1130. The molecule has 5 aliphatic heterocycles. The number of epoxide rings is 2. The van der Waals surface area contributed by atoms with Crippen molar-refractivity contribution in [3.63, 3.8) is 0 Å². The van der Waals surface area contributed by atoms with Crippen molar-refractivity contribution >= 4 is 11.8 Å². The van der Waals surface area contributed by atoms with Crippen molar-refractivity contribution in [3.05, 3.63) is 0 Å². The van der Waals surface area contributed by atoms with Crippen molar-refractivity contribution in [2.45, 2.75) is 167 Å². The van der Waals surface area contributed by atoms with E-state index >= 15 is 0 Å². The fraction of sp³-hybridized carbons (Fsp3) is 0.939. The molecule has 5 heterocycles. The van der Waals surface area contributed by atoms with Gasteiger partial charge in [-0.1, -0.05) is 34.6 Å². The van der Waals surface area contributed by atoms with Crippen molar-refractivity contribution < 1.29 is 63.2 Å². The second-order valence-corrected chi connectivity index (χ2v) is 14.9. The normalized spacial score (nSPS) is 55.0. The molecule has 264 valence electrons. The Morgan fingerprint density at radius 1 is 0.783 bits per heavy atom. The maximum absolute atomic E-state index is 13.8. The number of hydrogen-bond donors (Lipinski definition) is 4. The van der Waals surface area contributed by atoms with Crippen LogP contribution in [0.5, 0.6) is 0 Å². The molecule has 5 fully saturated rings. The Morgan fingerprint density at radius 3 is 1.80 bits per heavy atom. The van der Waals surface area contributed by atoms with Crippen molar-refractivity contribution in [1.82, 2.24) is 0 Å². The predicted octanol–water partition coefficient (Wildman–Crippen LogP) is 1.79. The van der Waals surface area contributed by atoms with Crippen LogP contribution in [0.25, 0.3) is 0 Å². The molecule has 0 spiro atoms. The molecule has 0 saturated carbocycles. The van der Waals surface area contributed by atoms with E-state index in [9.17, 15) is 30.0 Å². The Balaban J connectivity index is 1.51. The molecule has 4 N–H and O–H groups in total. The summed E-state index contributed by atoms with van der Waals surface area (Å²) in [7, 11) is 0. The molecular formula is C33H54O13. The summed E-state index contributed by atoms with van der Waals surface area (Å²) in [6.07, 6.45) is -7.33. The van der Waals surface area contributed by atoms with Crippen molar-refractivity contribution in [1.29, 1.82) is 0 Å². The Kier molecular flexibility index (Phi) is 10.1. The molecule has 18 atom stereocenters. The number of carbonyl (C=O) groups excluding carboxylic acids is 2. The molecule has 46 heavy (non-hydrogen) atoms. The number of ketones is 1. The van der Waals surface area contributed by atoms with E-state index in [0.717, 1.165) is 0 Å². The van der Waals surface area contributed by atoms with Gasteiger partial charge in [0, 0.05) is 23.7 Å². The van der Waals surface area contributed by atoms with E-state index in [0.29, 0.717) is 6.42 Å². The highest BCUT2D eigenvalue weighted by molar-refractivity contribution is 5.83. The van der Waals surface area contributed by atoms with Crippen LogP contribution in [-0.4, -0.2) is 111 Å². The van der Waals surface area contributed by atoms with Gasteiger partial charge in [0.05, 0.1) is 54.9 Å². The number of esters is 1. The zero-order valence-corrected chi connectivity index (χ0v) is 28.5. The SMILES string of the molecule is CC[C@H]1OC(=O)[C@H](C)[C@@H](OC2CC3(O)OC3C(C)O2)[C@H](C)[C@@H](OC2CC3(O)OC3C(C)O2)[C@](C)(O)C[C@@H](C)C(=O)[C@H](C)[C@@H](O)[C@H]1C. The minimum absolute atomic E-state index is 0.00673. The van der Waals surface area contributed by atoms with Crippen LogP contribution in [0, 0.1) is 29.6 Å². The summed E-state index contributed by atoms with van der Waals surface area (Å²) in [5.41, 5.74) is -1.69. The topological polar surface area (TPSA) is 186 Å². The molecule has 0 aromatic heterocycles. The van der Waals surface area contributed by atoms with Gasteiger partial charge in [-0.25, -0.2) is 0 Å². The third-order valence-electron chi connectivity index (χ3n) is 11.0. The van der Waals surface area contributed by atoms with Crippen LogP contribution in [0.15, 0.2) is 0 Å². The number of Topliss-reactive ketones (excluding diaryl/α,β-unsaturated/α-hetero) is 1. The maximum atomic E-state index is 13.8. The largest absolute Gasteiger partial charge is 0.462 e. The monoisotopic (exact) mass is 658 g/mol. The first kappa shape index (κ1) is 36.0. The average molecular weight is 659 g/mol. The number of fused-ring (bicyclic) bond motifs is 2. The Labute approximate surface area is 271 Å². The van der Waals surface area contributed by atoms with Gasteiger partial charge in [-0.05, 0) is 40.5 Å². The van der Waals surface area contributed by atoms with Gasteiger partial charge in [0.1, 0.15) is 24.1 Å². The number of ether oxygens (including phenoxy) is 7. The average Bonchev–Trinajstić information content (AvgIpc) is 3.87. The summed E-state index contributed by atoms with van der Waals surface area (Å²) in [5.74, 6) is -7.33. The second-order valence-electron chi connectivity index (χ2n) is 14.9. The minimum atomic E-state index is -1.69. The summed E-state index contributed by atoms with van der Waals surface area (Å²) in [6, 6.07) is 0. The zero-order valence-electron chi connectivity index (χ0n) is 28.5. The van der Waals surface area contributed by atoms with Crippen LogP contribution in [0.3, 0.4) is 0 Å². The molecule has 5 rings (SSSR count). The van der Waals surface area contributed by atoms with Crippen LogP contribution in [0.4, 0.5) is 0 Å². The minimum Gasteiger partial charge on any atom is -0.462 e. The van der Waals surface area contributed by atoms with Crippen molar-refractivity contribution in [2.75, 3.05) is 0 Å². The Hall–Kier alpha value is -1.26. The lowest BCUT2D eigenvalue weighted by atomic mass is 9.74. The van der Waals surface area contributed by atoms with Gasteiger partial charge in [-0.2, -0.15) is 0 Å². The number of rotatable bonds is 5. The summed E-state index contributed by atoms with van der Waals surface area (Å²) in [6.45, 7) is 15.5. The summed E-state index contributed by atoms with van der Waals surface area (Å²) in [4.78, 5) is 27.5. The highest BCUT2D eigenvalue weighted by Crippen LogP contribution is 2.49. The van der Waals surface area contributed by atoms with Crippen molar-refractivity contribution in [3.8, 4) is 0 Å². The standard InChI is InChI=1S/C33H54O13/c1-10-21-15(3)25(35)16(4)24(34)14(2)11-31(9,37)27(44-23-13-33(39)29(46-33)20(8)41-23)17(5)26(18(6)30(36)42-21)43-22-12-32(38)28(45-32)19(7)40-22/h14-23,25-29,35,37-39H,10-13H2,1-9H3/t14-,15+,16+,17+,18-,19?,20?,21-,22?,23?,25+,26+,27-,28?,29?,31-,32?,33?/m1/s1. The van der Waals surface area contributed by atoms with E-state index in [1.807, 2.05) is 6.92 Å². The number of cyclic esters (lactones) is 1. The quantitative estimate of drug-likeness (QED) is 0.248. The molecule has 0 bridgehead atoms. The van der Waals surface area contributed by atoms with E-state index in [-0.39, 0.29) is 25.0 Å². The molecule has 13 heteroatoms. The first-order valence-corrected chi connectivity index (χ1v) is 16.9. The van der Waals surface area contributed by atoms with Crippen LogP contribution >= 0.6 is 0 Å². The van der Waals surface area contributed by atoms with Gasteiger partial charge in [0.2, 0.25) is 11.6 Å². The molecule has 0 amide bonds. The van der Waals surface area contributed by atoms with E-state index in [1.165, 1.54) is 0 Å². The first-order valence-electron chi connectivity index (χ1n) is 16.9.